The van der Waals surface area contributed by atoms with Gasteiger partial charge in [-0.25, -0.2) is 9.67 Å². The van der Waals surface area contributed by atoms with Crippen LogP contribution in [0.2, 0.25) is 10.0 Å². The fourth-order valence-electron chi connectivity index (χ4n) is 2.98. The first-order chi connectivity index (χ1) is 13.2. The van der Waals surface area contributed by atoms with E-state index >= 15 is 0 Å². The lowest BCUT2D eigenvalue weighted by molar-refractivity contribution is 0.622. The smallest absolute Gasteiger partial charge is 0.183 e. The molecule has 1 heterocycles. The third-order valence-electron chi connectivity index (χ3n) is 4.36. The van der Waals surface area contributed by atoms with Gasteiger partial charge in [0, 0.05) is 17.7 Å². The summed E-state index contributed by atoms with van der Waals surface area (Å²) in [4.78, 5) is 4.77. The molecule has 0 aliphatic rings. The van der Waals surface area contributed by atoms with Crippen molar-refractivity contribution in [3.63, 3.8) is 0 Å². The number of hydrogen-bond donors (Lipinski definition) is 0. The van der Waals surface area contributed by atoms with Gasteiger partial charge in [-0.2, -0.15) is 5.10 Å². The normalized spacial score (nSPS) is 10.9. The number of benzene rings is 3. The molecule has 0 radical (unpaired) electrons. The quantitative estimate of drug-likeness (QED) is 0.406. The summed E-state index contributed by atoms with van der Waals surface area (Å²) in [7, 11) is 0. The lowest BCUT2D eigenvalue weighted by Gasteiger charge is -2.07. The number of halogens is 2. The summed E-state index contributed by atoms with van der Waals surface area (Å²) in [6.45, 7) is 0.696. The first kappa shape index (κ1) is 17.8. The van der Waals surface area contributed by atoms with E-state index in [0.29, 0.717) is 22.4 Å². The zero-order valence-electron chi connectivity index (χ0n) is 14.5. The summed E-state index contributed by atoms with van der Waals surface area (Å²) < 4.78 is 1.91. The zero-order chi connectivity index (χ0) is 18.6. The second-order valence-electron chi connectivity index (χ2n) is 6.18. The van der Waals surface area contributed by atoms with Gasteiger partial charge in [-0.1, -0.05) is 77.8 Å². The molecule has 1 aromatic heterocycles. The van der Waals surface area contributed by atoms with Crippen molar-refractivity contribution >= 4 is 23.2 Å². The van der Waals surface area contributed by atoms with Crippen LogP contribution in [0.3, 0.4) is 0 Å². The van der Waals surface area contributed by atoms with E-state index in [1.54, 1.807) is 0 Å². The minimum atomic E-state index is 0.601. The van der Waals surface area contributed by atoms with Crippen molar-refractivity contribution in [3.05, 3.63) is 94.5 Å². The summed E-state index contributed by atoms with van der Waals surface area (Å²) in [5, 5.41) is 6.01. The molecule has 4 rings (SSSR count). The molecule has 0 aliphatic carbocycles. The minimum absolute atomic E-state index is 0.601. The highest BCUT2D eigenvalue weighted by molar-refractivity contribution is 6.33. The predicted octanol–water partition coefficient (Wildman–Crippen LogP) is 6.16. The molecule has 0 amide bonds. The van der Waals surface area contributed by atoms with Crippen LogP contribution >= 0.6 is 23.2 Å². The number of hydrogen-bond acceptors (Lipinski definition) is 2. The van der Waals surface area contributed by atoms with E-state index < -0.39 is 0 Å². The Labute approximate surface area is 168 Å². The molecular weight excluding hydrogens is 377 g/mol. The fourth-order valence-corrected chi connectivity index (χ4v) is 3.42. The van der Waals surface area contributed by atoms with Crippen molar-refractivity contribution in [1.29, 1.82) is 0 Å². The Kier molecular flexibility index (Phi) is 5.23. The maximum absolute atomic E-state index is 6.43. The van der Waals surface area contributed by atoms with Crippen LogP contribution in [0.25, 0.3) is 22.8 Å². The molecule has 4 aromatic rings. The van der Waals surface area contributed by atoms with Gasteiger partial charge in [0.05, 0.1) is 10.0 Å². The summed E-state index contributed by atoms with van der Waals surface area (Å²) in [5.41, 5.74) is 2.92. The fraction of sp³-hybridized carbons (Fsp3) is 0.0909. The number of rotatable bonds is 5. The van der Waals surface area contributed by atoms with E-state index in [-0.39, 0.29) is 0 Å². The third-order valence-corrected chi connectivity index (χ3v) is 5.02. The van der Waals surface area contributed by atoms with Gasteiger partial charge in [0.1, 0.15) is 0 Å². The van der Waals surface area contributed by atoms with Crippen LogP contribution in [0.1, 0.15) is 5.56 Å². The first-order valence-corrected chi connectivity index (χ1v) is 9.46. The molecular formula is C22H17Cl2N3. The topological polar surface area (TPSA) is 30.7 Å². The average molecular weight is 394 g/mol. The van der Waals surface area contributed by atoms with Crippen LogP contribution in [0, 0.1) is 0 Å². The van der Waals surface area contributed by atoms with E-state index in [1.165, 1.54) is 5.56 Å². The maximum atomic E-state index is 6.43. The molecule has 27 heavy (non-hydrogen) atoms. The van der Waals surface area contributed by atoms with Crippen LogP contribution in [0.5, 0.6) is 0 Å². The van der Waals surface area contributed by atoms with Crippen LogP contribution < -0.4 is 0 Å². The second kappa shape index (κ2) is 7.95. The molecule has 0 saturated carbocycles. The Bertz CT molecular complexity index is 1060. The molecule has 3 aromatic carbocycles. The van der Waals surface area contributed by atoms with E-state index in [4.69, 9.17) is 33.3 Å². The largest absolute Gasteiger partial charge is 0.245 e. The molecule has 0 bridgehead atoms. The summed E-state index contributed by atoms with van der Waals surface area (Å²) in [5.74, 6) is 1.34. The molecule has 134 valence electrons. The molecule has 0 spiro atoms. The van der Waals surface area contributed by atoms with Gasteiger partial charge in [0.25, 0.3) is 0 Å². The van der Waals surface area contributed by atoms with Crippen molar-refractivity contribution in [3.8, 4) is 22.8 Å². The predicted molar refractivity (Wildman–Crippen MR) is 111 cm³/mol. The molecule has 5 heteroatoms. The first-order valence-electron chi connectivity index (χ1n) is 8.71. The molecule has 0 saturated heterocycles. The highest BCUT2D eigenvalue weighted by atomic mass is 35.5. The molecule has 0 atom stereocenters. The van der Waals surface area contributed by atoms with Gasteiger partial charge in [-0.15, -0.1) is 0 Å². The third kappa shape index (κ3) is 3.90. The highest BCUT2D eigenvalue weighted by Crippen LogP contribution is 2.30. The van der Waals surface area contributed by atoms with Crippen LogP contribution in [0.15, 0.2) is 78.9 Å². The van der Waals surface area contributed by atoms with E-state index in [0.717, 1.165) is 23.4 Å². The van der Waals surface area contributed by atoms with Gasteiger partial charge in [-0.05, 0) is 36.2 Å². The zero-order valence-corrected chi connectivity index (χ0v) is 16.0. The summed E-state index contributed by atoms with van der Waals surface area (Å²) >= 11 is 12.8. The van der Waals surface area contributed by atoms with Gasteiger partial charge in [0.2, 0.25) is 0 Å². The number of nitrogens with zero attached hydrogens (tertiary/aromatic N) is 3. The van der Waals surface area contributed by atoms with E-state index in [2.05, 4.69) is 12.1 Å². The van der Waals surface area contributed by atoms with Gasteiger partial charge in [0.15, 0.2) is 11.6 Å². The minimum Gasteiger partial charge on any atom is -0.245 e. The van der Waals surface area contributed by atoms with Gasteiger partial charge < -0.3 is 0 Å². The van der Waals surface area contributed by atoms with Crippen molar-refractivity contribution in [2.75, 3.05) is 0 Å². The van der Waals surface area contributed by atoms with E-state index in [1.807, 2.05) is 71.4 Å². The molecule has 0 N–H and O–H groups in total. The Morgan fingerprint density at radius 1 is 0.704 bits per heavy atom. The number of aryl methyl sites for hydroxylation is 2. The van der Waals surface area contributed by atoms with Crippen LogP contribution in [-0.4, -0.2) is 14.8 Å². The SMILES string of the molecule is Clc1ccccc1-c1nc(-c2ccccc2Cl)n(CCc2ccccc2)n1. The summed E-state index contributed by atoms with van der Waals surface area (Å²) in [6.07, 6.45) is 0.851. The van der Waals surface area contributed by atoms with Crippen molar-refractivity contribution < 1.29 is 0 Å². The van der Waals surface area contributed by atoms with Gasteiger partial charge >= 0.3 is 0 Å². The van der Waals surface area contributed by atoms with Crippen LogP contribution in [-0.2, 0) is 13.0 Å². The Morgan fingerprint density at radius 2 is 1.30 bits per heavy atom. The van der Waals surface area contributed by atoms with Crippen molar-refractivity contribution in [2.45, 2.75) is 13.0 Å². The summed E-state index contributed by atoms with van der Waals surface area (Å²) in [6, 6.07) is 25.6. The molecule has 3 nitrogen and oxygen atoms in total. The Balaban J connectivity index is 1.76. The van der Waals surface area contributed by atoms with Crippen molar-refractivity contribution in [1.82, 2.24) is 14.8 Å². The second-order valence-corrected chi connectivity index (χ2v) is 6.99. The maximum Gasteiger partial charge on any atom is 0.183 e. The Morgan fingerprint density at radius 3 is 1.96 bits per heavy atom. The van der Waals surface area contributed by atoms with Crippen molar-refractivity contribution in [2.24, 2.45) is 0 Å². The molecule has 0 aliphatic heterocycles. The highest BCUT2D eigenvalue weighted by Gasteiger charge is 2.17. The lowest BCUT2D eigenvalue weighted by Crippen LogP contribution is -2.06. The Hall–Kier alpha value is -2.62. The average Bonchev–Trinajstić information content (AvgIpc) is 3.11. The monoisotopic (exact) mass is 393 g/mol. The standard InChI is InChI=1S/C22H17Cl2N3/c23-19-12-6-4-10-17(19)21-25-22(18-11-5-7-13-20(18)24)27(26-21)15-14-16-8-2-1-3-9-16/h1-13H,14-15H2. The number of aromatic nitrogens is 3. The van der Waals surface area contributed by atoms with E-state index in [9.17, 15) is 0 Å². The lowest BCUT2D eigenvalue weighted by atomic mass is 10.1. The van der Waals surface area contributed by atoms with Gasteiger partial charge in [-0.3, -0.25) is 0 Å². The molecule has 0 unspecified atom stereocenters. The molecule has 0 fully saturated rings. The van der Waals surface area contributed by atoms with Crippen LogP contribution in [0.4, 0.5) is 0 Å².